The number of carboxylic acid groups (broad SMARTS) is 1. The highest BCUT2D eigenvalue weighted by molar-refractivity contribution is 5.98. The maximum Gasteiger partial charge on any atom is 0.325 e. The minimum absolute atomic E-state index is 0.349. The standard InChI is InChI=1S/C13H12N2O3/c1-8(13(17)18)15-12(16)10-6-9-4-2-3-5-11(9)14-7-10/h2-8H,1H3,(H,15,16)(H,17,18)/t8-/m1/s1. The molecule has 0 aliphatic rings. The SMILES string of the molecule is C[C@@H](NC(=O)c1cnc2ccccc2c1)C(=O)O. The summed E-state index contributed by atoms with van der Waals surface area (Å²) in [7, 11) is 0. The van der Waals surface area contributed by atoms with E-state index >= 15 is 0 Å². The van der Waals surface area contributed by atoms with Gasteiger partial charge in [-0.2, -0.15) is 0 Å². The van der Waals surface area contributed by atoms with Crippen molar-refractivity contribution in [1.82, 2.24) is 10.3 Å². The van der Waals surface area contributed by atoms with E-state index in [0.29, 0.717) is 5.56 Å². The van der Waals surface area contributed by atoms with E-state index in [1.807, 2.05) is 24.3 Å². The average molecular weight is 244 g/mol. The van der Waals surface area contributed by atoms with Gasteiger partial charge in [-0.15, -0.1) is 0 Å². The summed E-state index contributed by atoms with van der Waals surface area (Å²) in [6.07, 6.45) is 1.44. The van der Waals surface area contributed by atoms with Crippen LogP contribution in [0.5, 0.6) is 0 Å². The van der Waals surface area contributed by atoms with Gasteiger partial charge in [0.05, 0.1) is 11.1 Å². The Bertz CT molecular complexity index is 610. The highest BCUT2D eigenvalue weighted by atomic mass is 16.4. The van der Waals surface area contributed by atoms with Crippen LogP contribution >= 0.6 is 0 Å². The Hall–Kier alpha value is -2.43. The lowest BCUT2D eigenvalue weighted by Crippen LogP contribution is -2.38. The molecule has 5 heteroatoms. The number of nitrogens with one attached hydrogen (secondary N) is 1. The molecule has 5 nitrogen and oxygen atoms in total. The van der Waals surface area contributed by atoms with Gasteiger partial charge in [0.25, 0.3) is 5.91 Å². The number of rotatable bonds is 3. The van der Waals surface area contributed by atoms with Gasteiger partial charge < -0.3 is 10.4 Å². The molecule has 1 aromatic carbocycles. The van der Waals surface area contributed by atoms with Gasteiger partial charge in [-0.3, -0.25) is 14.6 Å². The first-order chi connectivity index (χ1) is 8.58. The van der Waals surface area contributed by atoms with Gasteiger partial charge >= 0.3 is 5.97 Å². The first-order valence-corrected chi connectivity index (χ1v) is 5.46. The lowest BCUT2D eigenvalue weighted by atomic mass is 10.1. The van der Waals surface area contributed by atoms with E-state index in [2.05, 4.69) is 10.3 Å². The molecule has 1 atom stereocenters. The number of pyridine rings is 1. The summed E-state index contributed by atoms with van der Waals surface area (Å²) in [6, 6.07) is 8.17. The first-order valence-electron chi connectivity index (χ1n) is 5.46. The van der Waals surface area contributed by atoms with Crippen LogP contribution in [0.25, 0.3) is 10.9 Å². The number of nitrogens with zero attached hydrogens (tertiary/aromatic N) is 1. The molecule has 1 amide bonds. The number of hydrogen-bond acceptors (Lipinski definition) is 3. The minimum Gasteiger partial charge on any atom is -0.480 e. The molecule has 0 aliphatic carbocycles. The van der Waals surface area contributed by atoms with Crippen LogP contribution < -0.4 is 5.32 Å². The number of para-hydroxylation sites is 1. The van der Waals surface area contributed by atoms with Crippen LogP contribution in [0.1, 0.15) is 17.3 Å². The fourth-order valence-electron chi connectivity index (χ4n) is 1.54. The quantitative estimate of drug-likeness (QED) is 0.856. The van der Waals surface area contributed by atoms with E-state index in [0.717, 1.165) is 10.9 Å². The maximum absolute atomic E-state index is 11.8. The van der Waals surface area contributed by atoms with Crippen LogP contribution in [0.4, 0.5) is 0 Å². The molecule has 92 valence electrons. The van der Waals surface area contributed by atoms with Gasteiger partial charge in [0.15, 0.2) is 0 Å². The minimum atomic E-state index is -1.07. The van der Waals surface area contributed by atoms with E-state index in [4.69, 9.17) is 5.11 Å². The molecule has 18 heavy (non-hydrogen) atoms. The summed E-state index contributed by atoms with van der Waals surface area (Å²) in [4.78, 5) is 26.6. The number of carbonyl (C=O) groups excluding carboxylic acids is 1. The monoisotopic (exact) mass is 244 g/mol. The van der Waals surface area contributed by atoms with E-state index < -0.39 is 17.9 Å². The molecule has 0 saturated heterocycles. The van der Waals surface area contributed by atoms with E-state index in [-0.39, 0.29) is 0 Å². The van der Waals surface area contributed by atoms with Crippen LogP contribution in [0.2, 0.25) is 0 Å². The highest BCUT2D eigenvalue weighted by Crippen LogP contribution is 2.12. The van der Waals surface area contributed by atoms with E-state index in [1.165, 1.54) is 13.1 Å². The molecule has 2 aromatic rings. The first kappa shape index (κ1) is 12.0. The molecule has 0 aliphatic heterocycles. The van der Waals surface area contributed by atoms with Crippen molar-refractivity contribution in [3.05, 3.63) is 42.1 Å². The number of carboxylic acids is 1. The van der Waals surface area contributed by atoms with Crippen molar-refractivity contribution in [1.29, 1.82) is 0 Å². The number of hydrogen-bond donors (Lipinski definition) is 2. The zero-order valence-corrected chi connectivity index (χ0v) is 9.75. The number of aromatic nitrogens is 1. The Balaban J connectivity index is 2.25. The molecule has 0 spiro atoms. The van der Waals surface area contributed by atoms with Crippen LogP contribution in [0.15, 0.2) is 36.5 Å². The topological polar surface area (TPSA) is 79.3 Å². The van der Waals surface area contributed by atoms with Gasteiger partial charge in [-0.1, -0.05) is 18.2 Å². The van der Waals surface area contributed by atoms with Crippen LogP contribution in [-0.4, -0.2) is 28.0 Å². The van der Waals surface area contributed by atoms with Gasteiger partial charge in [-0.05, 0) is 19.1 Å². The molecular weight excluding hydrogens is 232 g/mol. The van der Waals surface area contributed by atoms with Crippen molar-refractivity contribution in [3.63, 3.8) is 0 Å². The molecular formula is C13H12N2O3. The van der Waals surface area contributed by atoms with Crippen molar-refractivity contribution < 1.29 is 14.7 Å². The van der Waals surface area contributed by atoms with Crippen molar-refractivity contribution in [3.8, 4) is 0 Å². The van der Waals surface area contributed by atoms with Gasteiger partial charge in [-0.25, -0.2) is 0 Å². The number of benzene rings is 1. The molecule has 2 rings (SSSR count). The van der Waals surface area contributed by atoms with Crippen molar-refractivity contribution in [2.75, 3.05) is 0 Å². The highest BCUT2D eigenvalue weighted by Gasteiger charge is 2.15. The van der Waals surface area contributed by atoms with Crippen LogP contribution in [0, 0.1) is 0 Å². The molecule has 1 heterocycles. The summed E-state index contributed by atoms with van der Waals surface area (Å²) < 4.78 is 0. The fraction of sp³-hybridized carbons (Fsp3) is 0.154. The summed E-state index contributed by atoms with van der Waals surface area (Å²) in [6.45, 7) is 1.41. The number of carbonyl (C=O) groups is 2. The lowest BCUT2D eigenvalue weighted by molar-refractivity contribution is -0.138. The Labute approximate surface area is 103 Å². The van der Waals surface area contributed by atoms with Crippen molar-refractivity contribution in [2.24, 2.45) is 0 Å². The third-order valence-electron chi connectivity index (χ3n) is 2.57. The average Bonchev–Trinajstić information content (AvgIpc) is 2.37. The smallest absolute Gasteiger partial charge is 0.325 e. The number of fused-ring (bicyclic) bond motifs is 1. The zero-order chi connectivity index (χ0) is 13.1. The summed E-state index contributed by atoms with van der Waals surface area (Å²) in [5, 5.41) is 11.9. The fourth-order valence-corrected chi connectivity index (χ4v) is 1.54. The number of amides is 1. The Morgan fingerprint density at radius 2 is 2.06 bits per heavy atom. The Morgan fingerprint density at radius 3 is 2.78 bits per heavy atom. The second-order valence-electron chi connectivity index (χ2n) is 3.95. The maximum atomic E-state index is 11.8. The normalized spacial score (nSPS) is 12.1. The van der Waals surface area contributed by atoms with E-state index in [9.17, 15) is 9.59 Å². The predicted molar refractivity (Wildman–Crippen MR) is 66.3 cm³/mol. The zero-order valence-electron chi connectivity index (χ0n) is 9.75. The molecule has 0 radical (unpaired) electrons. The van der Waals surface area contributed by atoms with Crippen LogP contribution in [-0.2, 0) is 4.79 Å². The summed E-state index contributed by atoms with van der Waals surface area (Å²) >= 11 is 0. The van der Waals surface area contributed by atoms with Gasteiger partial charge in [0.1, 0.15) is 6.04 Å². The Kier molecular flexibility index (Phi) is 3.23. The van der Waals surface area contributed by atoms with Crippen molar-refractivity contribution in [2.45, 2.75) is 13.0 Å². The lowest BCUT2D eigenvalue weighted by Gasteiger charge is -2.09. The second-order valence-corrected chi connectivity index (χ2v) is 3.95. The Morgan fingerprint density at radius 1 is 1.33 bits per heavy atom. The van der Waals surface area contributed by atoms with Crippen molar-refractivity contribution >= 4 is 22.8 Å². The van der Waals surface area contributed by atoms with E-state index in [1.54, 1.807) is 6.07 Å². The van der Waals surface area contributed by atoms with Gasteiger partial charge in [0.2, 0.25) is 0 Å². The largest absolute Gasteiger partial charge is 0.480 e. The molecule has 2 N–H and O–H groups in total. The second kappa shape index (κ2) is 4.83. The summed E-state index contributed by atoms with van der Waals surface area (Å²) in [5.41, 5.74) is 1.14. The van der Waals surface area contributed by atoms with Crippen LogP contribution in [0.3, 0.4) is 0 Å². The molecule has 0 fully saturated rings. The third kappa shape index (κ3) is 2.45. The van der Waals surface area contributed by atoms with Gasteiger partial charge in [0, 0.05) is 11.6 Å². The molecule has 1 aromatic heterocycles. The summed E-state index contributed by atoms with van der Waals surface area (Å²) in [5.74, 6) is -1.51. The number of aliphatic carboxylic acids is 1. The molecule has 0 unspecified atom stereocenters. The third-order valence-corrected chi connectivity index (χ3v) is 2.57. The molecule has 0 saturated carbocycles. The molecule has 0 bridgehead atoms. The predicted octanol–water partition coefficient (Wildman–Crippen LogP) is 1.44.